The van der Waals surface area contributed by atoms with Gasteiger partial charge in [-0.05, 0) is 48.7 Å². The summed E-state index contributed by atoms with van der Waals surface area (Å²) in [5.74, 6) is 0.249. The summed E-state index contributed by atoms with van der Waals surface area (Å²) >= 11 is 0. The number of ether oxygens (including phenoxy) is 2. The number of pyridine rings is 2. The maximum Gasteiger partial charge on any atom is 0.305 e. The number of carbonyl (C=O) groups is 1. The highest BCUT2D eigenvalue weighted by Crippen LogP contribution is 2.31. The van der Waals surface area contributed by atoms with Gasteiger partial charge in [0.15, 0.2) is 0 Å². The number of aryl methyl sites for hydroxylation is 1. The van der Waals surface area contributed by atoms with Crippen molar-refractivity contribution < 1.29 is 19.4 Å². The zero-order valence-electron chi connectivity index (χ0n) is 19.5. The molecule has 4 heterocycles. The zero-order chi connectivity index (χ0) is 24.2. The van der Waals surface area contributed by atoms with E-state index in [0.29, 0.717) is 24.7 Å². The highest BCUT2D eigenvalue weighted by Gasteiger charge is 2.22. The molecule has 0 spiro atoms. The Kier molecular flexibility index (Phi) is 6.47. The van der Waals surface area contributed by atoms with Crippen LogP contribution >= 0.6 is 0 Å². The van der Waals surface area contributed by atoms with E-state index in [-0.39, 0.29) is 6.42 Å². The van der Waals surface area contributed by atoms with E-state index in [4.69, 9.17) is 14.5 Å². The SMILES string of the molecule is COc1ccc(C(CC(=O)O)n2ncc3c(OCCc4ccc5c(n4)CCCN5)cccc32)cn1. The number of methoxy groups -OCH3 is 1. The number of rotatable bonds is 9. The van der Waals surface area contributed by atoms with Crippen LogP contribution in [0.5, 0.6) is 11.6 Å². The van der Waals surface area contributed by atoms with Crippen molar-refractivity contribution in [3.63, 3.8) is 0 Å². The van der Waals surface area contributed by atoms with Crippen molar-refractivity contribution in [3.05, 3.63) is 71.8 Å². The second kappa shape index (κ2) is 10.0. The van der Waals surface area contributed by atoms with E-state index in [1.165, 1.54) is 7.11 Å². The Morgan fingerprint density at radius 3 is 2.91 bits per heavy atom. The van der Waals surface area contributed by atoms with Gasteiger partial charge in [-0.3, -0.25) is 14.5 Å². The van der Waals surface area contributed by atoms with Gasteiger partial charge >= 0.3 is 5.97 Å². The summed E-state index contributed by atoms with van der Waals surface area (Å²) in [6.45, 7) is 1.47. The summed E-state index contributed by atoms with van der Waals surface area (Å²) in [6, 6.07) is 12.9. The molecule has 0 bridgehead atoms. The number of anilines is 1. The number of aromatic nitrogens is 4. The number of nitrogens with zero attached hydrogens (tertiary/aromatic N) is 4. The molecular weight excluding hydrogens is 446 g/mol. The number of aliphatic carboxylic acids is 1. The lowest BCUT2D eigenvalue weighted by molar-refractivity contribution is -0.137. The quantitative estimate of drug-likeness (QED) is 0.377. The minimum absolute atomic E-state index is 0.130. The molecule has 2 N–H and O–H groups in total. The number of carboxylic acids is 1. The number of carboxylic acid groups (broad SMARTS) is 1. The Morgan fingerprint density at radius 1 is 1.20 bits per heavy atom. The number of fused-ring (bicyclic) bond motifs is 2. The minimum atomic E-state index is -0.922. The summed E-state index contributed by atoms with van der Waals surface area (Å²) in [5.41, 5.74) is 4.78. The number of hydrogen-bond donors (Lipinski definition) is 2. The molecule has 0 saturated carbocycles. The number of hydrogen-bond acceptors (Lipinski definition) is 7. The Bertz CT molecular complexity index is 1340. The van der Waals surface area contributed by atoms with E-state index in [0.717, 1.165) is 52.9 Å². The largest absolute Gasteiger partial charge is 0.492 e. The highest BCUT2D eigenvalue weighted by molar-refractivity contribution is 5.85. The van der Waals surface area contributed by atoms with Gasteiger partial charge in [0.2, 0.25) is 5.88 Å². The Hall–Kier alpha value is -4.14. The molecule has 1 atom stereocenters. The first-order valence-corrected chi connectivity index (χ1v) is 11.7. The summed E-state index contributed by atoms with van der Waals surface area (Å²) in [6.07, 6.45) is 6.00. The van der Waals surface area contributed by atoms with Crippen LogP contribution in [0, 0.1) is 0 Å². The molecule has 0 amide bonds. The van der Waals surface area contributed by atoms with Crippen molar-refractivity contribution in [2.24, 2.45) is 0 Å². The first-order valence-electron chi connectivity index (χ1n) is 11.7. The third kappa shape index (κ3) is 4.89. The molecule has 180 valence electrons. The normalized spacial score (nSPS) is 13.6. The fourth-order valence-corrected chi connectivity index (χ4v) is 4.42. The second-order valence-corrected chi connectivity index (χ2v) is 8.45. The first-order chi connectivity index (χ1) is 17.1. The van der Waals surface area contributed by atoms with Crippen molar-refractivity contribution >= 4 is 22.6 Å². The third-order valence-electron chi connectivity index (χ3n) is 6.17. The van der Waals surface area contributed by atoms with Crippen LogP contribution in [0.15, 0.2) is 54.9 Å². The molecule has 0 saturated heterocycles. The Balaban J connectivity index is 1.36. The lowest BCUT2D eigenvalue weighted by atomic mass is 10.1. The third-order valence-corrected chi connectivity index (χ3v) is 6.17. The van der Waals surface area contributed by atoms with Gasteiger partial charge in [0.1, 0.15) is 5.75 Å². The molecule has 3 aromatic heterocycles. The maximum atomic E-state index is 11.6. The average molecular weight is 474 g/mol. The molecule has 1 aliphatic rings. The van der Waals surface area contributed by atoms with Gasteiger partial charge in [0, 0.05) is 30.9 Å². The lowest BCUT2D eigenvalue weighted by Crippen LogP contribution is -2.16. The van der Waals surface area contributed by atoms with Crippen LogP contribution in [0.1, 0.15) is 35.8 Å². The van der Waals surface area contributed by atoms with Crippen LogP contribution in [-0.4, -0.2) is 51.1 Å². The van der Waals surface area contributed by atoms with Gasteiger partial charge in [0.25, 0.3) is 0 Å². The monoisotopic (exact) mass is 473 g/mol. The molecule has 9 nitrogen and oxygen atoms in total. The highest BCUT2D eigenvalue weighted by atomic mass is 16.5. The van der Waals surface area contributed by atoms with Gasteiger partial charge in [0.05, 0.1) is 54.7 Å². The van der Waals surface area contributed by atoms with Gasteiger partial charge in [-0.25, -0.2) is 4.98 Å². The fraction of sp³-hybridized carbons (Fsp3) is 0.308. The topological polar surface area (TPSA) is 111 Å². The van der Waals surface area contributed by atoms with Gasteiger partial charge in [-0.2, -0.15) is 5.10 Å². The van der Waals surface area contributed by atoms with Gasteiger partial charge in [-0.1, -0.05) is 6.07 Å². The van der Waals surface area contributed by atoms with E-state index >= 15 is 0 Å². The van der Waals surface area contributed by atoms with Crippen molar-refractivity contribution in [2.75, 3.05) is 25.6 Å². The van der Waals surface area contributed by atoms with Gasteiger partial charge < -0.3 is 19.9 Å². The molecule has 0 radical (unpaired) electrons. The van der Waals surface area contributed by atoms with Crippen molar-refractivity contribution in [1.29, 1.82) is 0 Å². The number of benzene rings is 1. The van der Waals surface area contributed by atoms with E-state index in [1.54, 1.807) is 23.1 Å². The summed E-state index contributed by atoms with van der Waals surface area (Å²) in [4.78, 5) is 20.7. The van der Waals surface area contributed by atoms with Crippen molar-refractivity contribution in [1.82, 2.24) is 19.7 Å². The predicted octanol–water partition coefficient (Wildman–Crippen LogP) is 3.88. The maximum absolute atomic E-state index is 11.6. The minimum Gasteiger partial charge on any atom is -0.492 e. The average Bonchev–Trinajstić information content (AvgIpc) is 3.32. The molecule has 9 heteroatoms. The van der Waals surface area contributed by atoms with Crippen LogP contribution in [0.3, 0.4) is 0 Å². The Morgan fingerprint density at radius 2 is 2.11 bits per heavy atom. The van der Waals surface area contributed by atoms with E-state index in [9.17, 15) is 9.90 Å². The lowest BCUT2D eigenvalue weighted by Gasteiger charge is -2.18. The first kappa shape index (κ1) is 22.6. The van der Waals surface area contributed by atoms with E-state index in [2.05, 4.69) is 21.5 Å². The summed E-state index contributed by atoms with van der Waals surface area (Å²) < 4.78 is 13.0. The van der Waals surface area contributed by atoms with Crippen LogP contribution in [0.4, 0.5) is 5.69 Å². The van der Waals surface area contributed by atoms with Crippen LogP contribution < -0.4 is 14.8 Å². The Labute approximate surface area is 202 Å². The molecule has 4 aromatic rings. The fourth-order valence-electron chi connectivity index (χ4n) is 4.42. The standard InChI is InChI=1S/C26H27N5O4/c1-34-25-10-7-17(15-28-25)23(14-26(32)33)31-22-5-2-6-24(19(22)16-29-31)35-13-11-18-8-9-20-21(30-18)4-3-12-27-20/h2,5-10,15-16,23,27H,3-4,11-14H2,1H3,(H,32,33). The van der Waals surface area contributed by atoms with Crippen LogP contribution in [0.25, 0.3) is 10.9 Å². The molecule has 0 fully saturated rings. The molecule has 35 heavy (non-hydrogen) atoms. The van der Waals surface area contributed by atoms with E-state index in [1.807, 2.05) is 30.3 Å². The van der Waals surface area contributed by atoms with E-state index < -0.39 is 12.0 Å². The summed E-state index contributed by atoms with van der Waals surface area (Å²) in [5, 5.41) is 18.3. The zero-order valence-corrected chi connectivity index (χ0v) is 19.5. The summed E-state index contributed by atoms with van der Waals surface area (Å²) in [7, 11) is 1.54. The van der Waals surface area contributed by atoms with Crippen molar-refractivity contribution in [3.8, 4) is 11.6 Å². The van der Waals surface area contributed by atoms with Crippen LogP contribution in [-0.2, 0) is 17.6 Å². The number of nitrogens with one attached hydrogen (secondary N) is 1. The molecule has 5 rings (SSSR count). The van der Waals surface area contributed by atoms with Crippen molar-refractivity contribution in [2.45, 2.75) is 31.7 Å². The smallest absolute Gasteiger partial charge is 0.305 e. The predicted molar refractivity (Wildman–Crippen MR) is 131 cm³/mol. The second-order valence-electron chi connectivity index (χ2n) is 8.45. The molecular formula is C26H27N5O4. The molecule has 1 unspecified atom stereocenters. The molecule has 1 aromatic carbocycles. The molecule has 0 aliphatic carbocycles. The van der Waals surface area contributed by atoms with Crippen LogP contribution in [0.2, 0.25) is 0 Å². The molecule has 1 aliphatic heterocycles. The van der Waals surface area contributed by atoms with Gasteiger partial charge in [-0.15, -0.1) is 0 Å².